The van der Waals surface area contributed by atoms with Crippen molar-refractivity contribution in [2.24, 2.45) is 5.92 Å². The SMILES string of the molecule is CCCCCCc1ccc(CC(=O)c2ccc(C3CCC(CCC)CC3)cc2)cc1. The topological polar surface area (TPSA) is 17.1 Å². The van der Waals surface area contributed by atoms with Crippen LogP contribution in [0.25, 0.3) is 0 Å². The summed E-state index contributed by atoms with van der Waals surface area (Å²) in [5, 5.41) is 0. The van der Waals surface area contributed by atoms with Crippen molar-refractivity contribution >= 4 is 5.78 Å². The van der Waals surface area contributed by atoms with E-state index in [2.05, 4.69) is 62.4 Å². The van der Waals surface area contributed by atoms with Crippen LogP contribution in [0.3, 0.4) is 0 Å². The minimum absolute atomic E-state index is 0.226. The Bertz CT molecular complexity index is 748. The zero-order chi connectivity index (χ0) is 21.2. The third-order valence-corrected chi connectivity index (χ3v) is 6.95. The smallest absolute Gasteiger partial charge is 0.167 e. The van der Waals surface area contributed by atoms with E-state index < -0.39 is 0 Å². The van der Waals surface area contributed by atoms with Crippen LogP contribution in [0.4, 0.5) is 0 Å². The molecular weight excluding hydrogens is 364 g/mol. The van der Waals surface area contributed by atoms with Crippen molar-refractivity contribution in [1.82, 2.24) is 0 Å². The predicted molar refractivity (Wildman–Crippen MR) is 128 cm³/mol. The summed E-state index contributed by atoms with van der Waals surface area (Å²) < 4.78 is 0. The minimum atomic E-state index is 0.226. The van der Waals surface area contributed by atoms with Crippen molar-refractivity contribution in [2.45, 2.75) is 96.8 Å². The van der Waals surface area contributed by atoms with E-state index in [1.165, 1.54) is 75.3 Å². The maximum Gasteiger partial charge on any atom is 0.167 e. The van der Waals surface area contributed by atoms with Gasteiger partial charge in [0.25, 0.3) is 0 Å². The van der Waals surface area contributed by atoms with Crippen molar-refractivity contribution < 1.29 is 4.79 Å². The first-order valence-corrected chi connectivity index (χ1v) is 12.4. The van der Waals surface area contributed by atoms with Crippen molar-refractivity contribution in [3.8, 4) is 0 Å². The highest BCUT2D eigenvalue weighted by Gasteiger charge is 2.22. The average Bonchev–Trinajstić information content (AvgIpc) is 2.79. The van der Waals surface area contributed by atoms with Gasteiger partial charge in [0.1, 0.15) is 0 Å². The van der Waals surface area contributed by atoms with Crippen LogP contribution in [-0.2, 0) is 12.8 Å². The van der Waals surface area contributed by atoms with Gasteiger partial charge in [-0.3, -0.25) is 4.79 Å². The molecule has 0 N–H and O–H groups in total. The Balaban J connectivity index is 1.49. The monoisotopic (exact) mass is 404 g/mol. The number of ketones is 1. The third kappa shape index (κ3) is 6.83. The van der Waals surface area contributed by atoms with E-state index in [0.717, 1.165) is 23.5 Å². The summed E-state index contributed by atoms with van der Waals surface area (Å²) in [6, 6.07) is 17.2. The number of aryl methyl sites for hydroxylation is 1. The van der Waals surface area contributed by atoms with E-state index in [4.69, 9.17) is 0 Å². The zero-order valence-electron chi connectivity index (χ0n) is 19.2. The normalized spacial score (nSPS) is 19.0. The molecule has 1 fully saturated rings. The van der Waals surface area contributed by atoms with Crippen LogP contribution in [0.1, 0.15) is 111 Å². The maximum atomic E-state index is 12.7. The molecule has 1 aliphatic carbocycles. The molecule has 1 aliphatic rings. The standard InChI is InChI=1S/C29H40O/c1-3-5-6-7-9-24-10-12-25(13-11-24)22-29(30)28-20-18-27(19-21-28)26-16-14-23(8-4-2)15-17-26/h10-13,18-21,23,26H,3-9,14-17,22H2,1-2H3. The molecule has 30 heavy (non-hydrogen) atoms. The molecule has 2 aromatic rings. The van der Waals surface area contributed by atoms with Gasteiger partial charge in [-0.05, 0) is 67.1 Å². The van der Waals surface area contributed by atoms with E-state index in [1.54, 1.807) is 0 Å². The highest BCUT2D eigenvalue weighted by molar-refractivity contribution is 5.97. The van der Waals surface area contributed by atoms with Crippen molar-refractivity contribution in [1.29, 1.82) is 0 Å². The van der Waals surface area contributed by atoms with Gasteiger partial charge in [-0.1, -0.05) is 94.5 Å². The highest BCUT2D eigenvalue weighted by Crippen LogP contribution is 2.37. The fourth-order valence-electron chi connectivity index (χ4n) is 5.00. The molecule has 1 saturated carbocycles. The minimum Gasteiger partial charge on any atom is -0.294 e. The molecular formula is C29H40O. The first kappa shape index (κ1) is 22.8. The number of Topliss-reactive ketones (excluding diaryl/α,β-unsaturated/α-hetero) is 1. The lowest BCUT2D eigenvalue weighted by atomic mass is 9.77. The molecule has 1 nitrogen and oxygen atoms in total. The van der Waals surface area contributed by atoms with Gasteiger partial charge in [-0.15, -0.1) is 0 Å². The first-order valence-electron chi connectivity index (χ1n) is 12.4. The van der Waals surface area contributed by atoms with Crippen LogP contribution in [0.5, 0.6) is 0 Å². The second kappa shape index (κ2) is 12.1. The Morgan fingerprint density at radius 1 is 0.767 bits per heavy atom. The summed E-state index contributed by atoms with van der Waals surface area (Å²) in [5.41, 5.74) is 4.78. The van der Waals surface area contributed by atoms with Crippen LogP contribution < -0.4 is 0 Å². The second-order valence-corrected chi connectivity index (χ2v) is 9.36. The number of hydrogen-bond donors (Lipinski definition) is 0. The first-order chi connectivity index (χ1) is 14.7. The number of hydrogen-bond acceptors (Lipinski definition) is 1. The molecule has 0 aromatic heterocycles. The molecule has 0 spiro atoms. The molecule has 0 saturated heterocycles. The molecule has 1 heteroatoms. The second-order valence-electron chi connectivity index (χ2n) is 9.36. The lowest BCUT2D eigenvalue weighted by Gasteiger charge is -2.28. The zero-order valence-corrected chi connectivity index (χ0v) is 19.2. The van der Waals surface area contributed by atoms with Gasteiger partial charge in [0.2, 0.25) is 0 Å². The predicted octanol–water partition coefficient (Wildman–Crippen LogP) is 8.31. The molecule has 0 heterocycles. The quantitative estimate of drug-likeness (QED) is 0.272. The van der Waals surface area contributed by atoms with Gasteiger partial charge < -0.3 is 0 Å². The van der Waals surface area contributed by atoms with Crippen LogP contribution in [0.15, 0.2) is 48.5 Å². The lowest BCUT2D eigenvalue weighted by molar-refractivity contribution is 0.0993. The van der Waals surface area contributed by atoms with Crippen LogP contribution in [0.2, 0.25) is 0 Å². The van der Waals surface area contributed by atoms with E-state index in [-0.39, 0.29) is 5.78 Å². The van der Waals surface area contributed by atoms with Crippen molar-refractivity contribution in [3.63, 3.8) is 0 Å². The molecule has 3 rings (SSSR count). The molecule has 0 atom stereocenters. The van der Waals surface area contributed by atoms with Gasteiger partial charge in [0.05, 0.1) is 0 Å². The van der Waals surface area contributed by atoms with E-state index in [0.29, 0.717) is 12.3 Å². The summed E-state index contributed by atoms with van der Waals surface area (Å²) >= 11 is 0. The lowest BCUT2D eigenvalue weighted by Crippen LogP contribution is -2.13. The molecule has 162 valence electrons. The van der Waals surface area contributed by atoms with Crippen LogP contribution in [-0.4, -0.2) is 5.78 Å². The number of rotatable bonds is 11. The van der Waals surface area contributed by atoms with Gasteiger partial charge in [-0.25, -0.2) is 0 Å². The fourth-order valence-corrected chi connectivity index (χ4v) is 5.00. The Morgan fingerprint density at radius 2 is 1.43 bits per heavy atom. The van der Waals surface area contributed by atoms with Gasteiger partial charge in [-0.2, -0.15) is 0 Å². The van der Waals surface area contributed by atoms with E-state index >= 15 is 0 Å². The Labute approximate surface area is 184 Å². The summed E-state index contributed by atoms with van der Waals surface area (Å²) in [6.07, 6.45) is 14.9. The molecule has 2 aromatic carbocycles. The van der Waals surface area contributed by atoms with Crippen molar-refractivity contribution in [3.05, 3.63) is 70.8 Å². The van der Waals surface area contributed by atoms with Crippen LogP contribution in [0, 0.1) is 5.92 Å². The van der Waals surface area contributed by atoms with Gasteiger partial charge >= 0.3 is 0 Å². The third-order valence-electron chi connectivity index (χ3n) is 6.95. The maximum absolute atomic E-state index is 12.7. The summed E-state index contributed by atoms with van der Waals surface area (Å²) in [6.45, 7) is 4.54. The Hall–Kier alpha value is -1.89. The van der Waals surface area contributed by atoms with E-state index in [9.17, 15) is 4.79 Å². The van der Waals surface area contributed by atoms with Crippen LogP contribution >= 0.6 is 0 Å². The average molecular weight is 405 g/mol. The molecule has 0 aliphatic heterocycles. The largest absolute Gasteiger partial charge is 0.294 e. The molecule has 0 radical (unpaired) electrons. The van der Waals surface area contributed by atoms with E-state index in [1.807, 2.05) is 0 Å². The summed E-state index contributed by atoms with van der Waals surface area (Å²) in [4.78, 5) is 12.7. The number of unbranched alkanes of at least 4 members (excludes halogenated alkanes) is 3. The molecule has 0 unspecified atom stereocenters. The summed E-state index contributed by atoms with van der Waals surface area (Å²) in [7, 11) is 0. The molecule has 0 bridgehead atoms. The highest BCUT2D eigenvalue weighted by atomic mass is 16.1. The Morgan fingerprint density at radius 3 is 2.07 bits per heavy atom. The molecule has 0 amide bonds. The van der Waals surface area contributed by atoms with Gasteiger partial charge in [0.15, 0.2) is 5.78 Å². The van der Waals surface area contributed by atoms with Gasteiger partial charge in [0, 0.05) is 12.0 Å². The Kier molecular flexibility index (Phi) is 9.18. The van der Waals surface area contributed by atoms with Crippen molar-refractivity contribution in [2.75, 3.05) is 0 Å². The summed E-state index contributed by atoms with van der Waals surface area (Å²) in [5.74, 6) is 1.85. The number of benzene rings is 2. The number of carbonyl (C=O) groups excluding carboxylic acids is 1. The number of carbonyl (C=O) groups is 1. The fraction of sp³-hybridized carbons (Fsp3) is 0.552.